The van der Waals surface area contributed by atoms with Crippen LogP contribution >= 0.6 is 0 Å². The van der Waals surface area contributed by atoms with Crippen LogP contribution < -0.4 is 5.32 Å². The van der Waals surface area contributed by atoms with Gasteiger partial charge >= 0.3 is 0 Å². The zero-order valence-electron chi connectivity index (χ0n) is 9.39. The molecule has 0 aliphatic rings. The molecule has 14 heavy (non-hydrogen) atoms. The van der Waals surface area contributed by atoms with Crippen molar-refractivity contribution in [2.45, 2.75) is 33.1 Å². The third-order valence-electron chi connectivity index (χ3n) is 2.19. The first-order valence-electron chi connectivity index (χ1n) is 5.02. The van der Waals surface area contributed by atoms with Gasteiger partial charge in [0.25, 0.3) is 0 Å². The molecule has 0 saturated carbocycles. The van der Waals surface area contributed by atoms with E-state index in [-0.39, 0.29) is 5.41 Å². The largest absolute Gasteiger partial charge is 0.508 e. The lowest BCUT2D eigenvalue weighted by Gasteiger charge is -2.21. The molecule has 78 valence electrons. The molecule has 0 unspecified atom stereocenters. The Morgan fingerprint density at radius 2 is 1.93 bits per heavy atom. The lowest BCUT2D eigenvalue weighted by molar-refractivity contribution is 0.447. The van der Waals surface area contributed by atoms with Crippen LogP contribution in [0.5, 0.6) is 5.75 Å². The van der Waals surface area contributed by atoms with E-state index in [1.807, 2.05) is 12.1 Å². The number of anilines is 1. The van der Waals surface area contributed by atoms with Crippen LogP contribution in [0.4, 0.5) is 5.69 Å². The maximum Gasteiger partial charge on any atom is 0.119 e. The van der Waals surface area contributed by atoms with Crippen molar-refractivity contribution in [3.8, 4) is 5.75 Å². The Morgan fingerprint density at radius 1 is 1.29 bits per heavy atom. The van der Waals surface area contributed by atoms with E-state index in [1.165, 1.54) is 0 Å². The Bertz CT molecular complexity index is 313. The molecule has 2 nitrogen and oxygen atoms in total. The van der Waals surface area contributed by atoms with Gasteiger partial charge in [0.1, 0.15) is 5.75 Å². The van der Waals surface area contributed by atoms with E-state index in [2.05, 4.69) is 33.0 Å². The Labute approximate surface area is 86.0 Å². The van der Waals surface area contributed by atoms with Gasteiger partial charge in [-0.2, -0.15) is 0 Å². The van der Waals surface area contributed by atoms with E-state index in [9.17, 15) is 5.11 Å². The number of nitrogens with one attached hydrogen (secondary N) is 1. The summed E-state index contributed by atoms with van der Waals surface area (Å²) in [6, 6.07) is 5.66. The van der Waals surface area contributed by atoms with E-state index in [1.54, 1.807) is 6.07 Å². The van der Waals surface area contributed by atoms with Crippen molar-refractivity contribution in [2.75, 3.05) is 11.9 Å². The lowest BCUT2D eigenvalue weighted by atomic mass is 9.86. The Morgan fingerprint density at radius 3 is 2.43 bits per heavy atom. The van der Waals surface area contributed by atoms with Crippen LogP contribution in [0, 0.1) is 0 Å². The van der Waals surface area contributed by atoms with Crippen molar-refractivity contribution in [1.82, 2.24) is 0 Å². The lowest BCUT2D eigenvalue weighted by Crippen LogP contribution is -2.12. The summed E-state index contributed by atoms with van der Waals surface area (Å²) in [5, 5.41) is 12.9. The molecule has 0 aromatic heterocycles. The van der Waals surface area contributed by atoms with Gasteiger partial charge in [0, 0.05) is 17.8 Å². The average molecular weight is 193 g/mol. The van der Waals surface area contributed by atoms with Crippen molar-refractivity contribution in [1.29, 1.82) is 0 Å². The molecule has 0 aliphatic carbocycles. The van der Waals surface area contributed by atoms with E-state index >= 15 is 0 Å². The summed E-state index contributed by atoms with van der Waals surface area (Å²) in [5.74, 6) is 0.374. The predicted molar refractivity (Wildman–Crippen MR) is 61.0 cm³/mol. The Kier molecular flexibility index (Phi) is 3.04. The number of phenolic OH excluding ortho intramolecular Hbond substituents is 1. The van der Waals surface area contributed by atoms with Crippen molar-refractivity contribution in [3.63, 3.8) is 0 Å². The summed E-state index contributed by atoms with van der Waals surface area (Å²) in [6.07, 6.45) is 0. The molecule has 2 heteroatoms. The summed E-state index contributed by atoms with van der Waals surface area (Å²) in [5.41, 5.74) is 2.03. The molecule has 0 fully saturated rings. The zero-order chi connectivity index (χ0) is 10.8. The SMILES string of the molecule is CCNc1ccc(O)c(C(C)(C)C)c1. The fourth-order valence-corrected chi connectivity index (χ4v) is 1.45. The Hall–Kier alpha value is -1.18. The van der Waals surface area contributed by atoms with Crippen molar-refractivity contribution >= 4 is 5.69 Å². The fourth-order valence-electron chi connectivity index (χ4n) is 1.45. The smallest absolute Gasteiger partial charge is 0.119 e. The number of phenols is 1. The minimum atomic E-state index is -0.0183. The van der Waals surface area contributed by atoms with Crippen LogP contribution in [-0.4, -0.2) is 11.7 Å². The minimum absolute atomic E-state index is 0.0183. The summed E-state index contributed by atoms with van der Waals surface area (Å²) in [6.45, 7) is 9.24. The fraction of sp³-hybridized carbons (Fsp3) is 0.500. The first-order valence-corrected chi connectivity index (χ1v) is 5.02. The molecule has 0 atom stereocenters. The molecular weight excluding hydrogens is 174 g/mol. The van der Waals surface area contributed by atoms with Crippen LogP contribution in [0.1, 0.15) is 33.3 Å². The zero-order valence-corrected chi connectivity index (χ0v) is 9.39. The predicted octanol–water partition coefficient (Wildman–Crippen LogP) is 3.12. The highest BCUT2D eigenvalue weighted by molar-refractivity contribution is 5.52. The van der Waals surface area contributed by atoms with Gasteiger partial charge in [0.2, 0.25) is 0 Å². The average Bonchev–Trinajstić information content (AvgIpc) is 2.07. The minimum Gasteiger partial charge on any atom is -0.508 e. The summed E-state index contributed by atoms with van der Waals surface area (Å²) in [7, 11) is 0. The number of aromatic hydroxyl groups is 1. The van der Waals surface area contributed by atoms with Gasteiger partial charge in [-0.05, 0) is 30.5 Å². The van der Waals surface area contributed by atoms with E-state index in [0.717, 1.165) is 17.8 Å². The molecule has 0 aliphatic heterocycles. The van der Waals surface area contributed by atoms with Gasteiger partial charge in [-0.3, -0.25) is 0 Å². The van der Waals surface area contributed by atoms with Gasteiger partial charge in [0.05, 0.1) is 0 Å². The van der Waals surface area contributed by atoms with Crippen LogP contribution in [-0.2, 0) is 5.41 Å². The monoisotopic (exact) mass is 193 g/mol. The molecular formula is C12H19NO. The van der Waals surface area contributed by atoms with Gasteiger partial charge in [-0.1, -0.05) is 20.8 Å². The van der Waals surface area contributed by atoms with Crippen molar-refractivity contribution < 1.29 is 5.11 Å². The number of hydrogen-bond donors (Lipinski definition) is 2. The van der Waals surface area contributed by atoms with Crippen LogP contribution in [0.25, 0.3) is 0 Å². The summed E-state index contributed by atoms with van der Waals surface area (Å²) in [4.78, 5) is 0. The first kappa shape index (κ1) is 10.9. The molecule has 1 aromatic carbocycles. The standard InChI is InChI=1S/C12H19NO/c1-5-13-9-6-7-11(14)10(8-9)12(2,3)4/h6-8,13-14H,5H2,1-4H3. The molecule has 0 spiro atoms. The van der Waals surface area contributed by atoms with Gasteiger partial charge < -0.3 is 10.4 Å². The molecule has 0 bridgehead atoms. The highest BCUT2D eigenvalue weighted by atomic mass is 16.3. The Balaban J connectivity index is 3.09. The molecule has 0 radical (unpaired) electrons. The van der Waals surface area contributed by atoms with Crippen LogP contribution in [0.15, 0.2) is 18.2 Å². The van der Waals surface area contributed by atoms with E-state index < -0.39 is 0 Å². The molecule has 0 saturated heterocycles. The highest BCUT2D eigenvalue weighted by Gasteiger charge is 2.17. The summed E-state index contributed by atoms with van der Waals surface area (Å²) >= 11 is 0. The highest BCUT2D eigenvalue weighted by Crippen LogP contribution is 2.32. The van der Waals surface area contributed by atoms with Crippen molar-refractivity contribution in [2.24, 2.45) is 0 Å². The number of hydrogen-bond acceptors (Lipinski definition) is 2. The van der Waals surface area contributed by atoms with Crippen LogP contribution in [0.2, 0.25) is 0 Å². The second kappa shape index (κ2) is 3.91. The van der Waals surface area contributed by atoms with Gasteiger partial charge in [-0.25, -0.2) is 0 Å². The third-order valence-corrected chi connectivity index (χ3v) is 2.19. The van der Waals surface area contributed by atoms with Crippen molar-refractivity contribution in [3.05, 3.63) is 23.8 Å². The second-order valence-electron chi connectivity index (χ2n) is 4.51. The second-order valence-corrected chi connectivity index (χ2v) is 4.51. The first-order chi connectivity index (χ1) is 6.45. The number of benzene rings is 1. The molecule has 1 aromatic rings. The molecule has 0 heterocycles. The molecule has 2 N–H and O–H groups in total. The topological polar surface area (TPSA) is 32.3 Å². The number of rotatable bonds is 2. The van der Waals surface area contributed by atoms with Crippen LogP contribution in [0.3, 0.4) is 0 Å². The van der Waals surface area contributed by atoms with E-state index in [4.69, 9.17) is 0 Å². The van der Waals surface area contributed by atoms with Gasteiger partial charge in [-0.15, -0.1) is 0 Å². The molecule has 0 amide bonds. The summed E-state index contributed by atoms with van der Waals surface area (Å²) < 4.78 is 0. The normalized spacial score (nSPS) is 11.4. The maximum atomic E-state index is 9.71. The third kappa shape index (κ3) is 2.41. The quantitative estimate of drug-likeness (QED) is 0.707. The van der Waals surface area contributed by atoms with E-state index in [0.29, 0.717) is 5.75 Å². The maximum absolute atomic E-state index is 9.71. The van der Waals surface area contributed by atoms with Gasteiger partial charge in [0.15, 0.2) is 0 Å². The molecule has 1 rings (SSSR count).